The number of quaternary nitrogens is 2. The molecule has 44 heavy (non-hydrogen) atoms. The standard InChI is InChI=1S/C32H50N6O4S2/c1-5-7-9-11-13-19-27-29(35-43-33-27)25-17-15-21-37(3,23-25)41-31(39)32(40)42-38(4)22-16-18-26(24-38)30-28(34-44-36-30)20-14-12-10-8-6-2/h17-18H,5-16,19-24H2,1-4H3/q+2. The third-order valence-electron chi connectivity index (χ3n) is 8.52. The number of aromatic nitrogens is 4. The Morgan fingerprint density at radius 2 is 1.07 bits per heavy atom. The lowest BCUT2D eigenvalue weighted by molar-refractivity contribution is -1.07. The number of unbranched alkanes of at least 4 members (excludes halogenated alkanes) is 8. The topological polar surface area (TPSA) is 104 Å². The molecular weight excluding hydrogens is 597 g/mol. The Morgan fingerprint density at radius 3 is 1.48 bits per heavy atom. The Labute approximate surface area is 270 Å². The van der Waals surface area contributed by atoms with Crippen LogP contribution in [-0.2, 0) is 32.1 Å². The largest absolute Gasteiger partial charge is 0.480 e. The molecular formula is C32H50N6O4S2+2. The minimum absolute atomic E-state index is 0.0335. The summed E-state index contributed by atoms with van der Waals surface area (Å²) in [6.45, 7) is 6.45. The number of likely N-dealkylation sites (N-methyl/N-ethyl adjacent to an activating group) is 2. The van der Waals surface area contributed by atoms with Crippen molar-refractivity contribution in [3.63, 3.8) is 0 Å². The summed E-state index contributed by atoms with van der Waals surface area (Å²) in [5.41, 5.74) is 5.85. The number of hydrogen-bond donors (Lipinski definition) is 0. The highest BCUT2D eigenvalue weighted by molar-refractivity contribution is 6.99. The van der Waals surface area contributed by atoms with Crippen LogP contribution >= 0.6 is 23.5 Å². The first-order valence-electron chi connectivity index (χ1n) is 16.4. The molecule has 242 valence electrons. The van der Waals surface area contributed by atoms with E-state index < -0.39 is 11.9 Å². The lowest BCUT2D eigenvalue weighted by Crippen LogP contribution is -2.53. The first-order chi connectivity index (χ1) is 21.3. The summed E-state index contributed by atoms with van der Waals surface area (Å²) in [5.74, 6) is -1.94. The molecule has 0 aliphatic carbocycles. The predicted octanol–water partition coefficient (Wildman–Crippen LogP) is 6.50. The molecule has 0 saturated heterocycles. The van der Waals surface area contributed by atoms with Gasteiger partial charge in [-0.2, -0.15) is 17.5 Å². The average molecular weight is 647 g/mol. The molecule has 4 heterocycles. The molecule has 0 N–H and O–H groups in total. The summed E-state index contributed by atoms with van der Waals surface area (Å²) in [4.78, 5) is 37.8. The zero-order valence-electron chi connectivity index (χ0n) is 27.0. The Morgan fingerprint density at radius 1 is 0.659 bits per heavy atom. The third kappa shape index (κ3) is 9.73. The molecule has 2 aliphatic rings. The number of hydroxylamine groups is 6. The number of nitrogens with zero attached hydrogens (tertiary/aromatic N) is 6. The van der Waals surface area contributed by atoms with Gasteiger partial charge in [0.05, 0.1) is 34.8 Å². The van der Waals surface area contributed by atoms with Crippen LogP contribution < -0.4 is 0 Å². The van der Waals surface area contributed by atoms with Crippen molar-refractivity contribution in [2.45, 2.75) is 104 Å². The minimum Gasteiger partial charge on any atom is -0.263 e. The Bertz CT molecular complexity index is 1210. The zero-order chi connectivity index (χ0) is 31.4. The zero-order valence-corrected chi connectivity index (χ0v) is 28.6. The molecule has 0 spiro atoms. The van der Waals surface area contributed by atoms with E-state index in [1.165, 1.54) is 74.8 Å². The monoisotopic (exact) mass is 646 g/mol. The van der Waals surface area contributed by atoms with Crippen molar-refractivity contribution in [3.8, 4) is 0 Å². The van der Waals surface area contributed by atoms with E-state index in [2.05, 4.69) is 43.5 Å². The molecule has 0 aromatic carbocycles. The lowest BCUT2D eigenvalue weighted by atomic mass is 10.0. The van der Waals surface area contributed by atoms with Gasteiger partial charge in [-0.1, -0.05) is 77.4 Å². The Balaban J connectivity index is 1.31. The summed E-state index contributed by atoms with van der Waals surface area (Å²) >= 11 is 2.46. The summed E-state index contributed by atoms with van der Waals surface area (Å²) in [6.07, 6.45) is 19.5. The van der Waals surface area contributed by atoms with Gasteiger partial charge in [0.25, 0.3) is 0 Å². The van der Waals surface area contributed by atoms with Gasteiger partial charge >= 0.3 is 11.9 Å². The van der Waals surface area contributed by atoms with E-state index in [0.29, 0.717) is 39.0 Å². The molecule has 2 aromatic rings. The highest BCUT2D eigenvalue weighted by atomic mass is 32.1. The first kappa shape index (κ1) is 34.3. The van der Waals surface area contributed by atoms with Gasteiger partial charge in [0.1, 0.15) is 51.7 Å². The van der Waals surface area contributed by atoms with Crippen molar-refractivity contribution >= 4 is 46.5 Å². The van der Waals surface area contributed by atoms with Crippen molar-refractivity contribution in [2.24, 2.45) is 0 Å². The molecule has 12 heteroatoms. The molecule has 10 nitrogen and oxygen atoms in total. The number of carbonyl (C=O) groups excluding carboxylic acids is 2. The van der Waals surface area contributed by atoms with Crippen LogP contribution in [0.1, 0.15) is 114 Å². The van der Waals surface area contributed by atoms with Gasteiger partial charge in [-0.15, -0.1) is 9.29 Å². The minimum atomic E-state index is -0.972. The van der Waals surface area contributed by atoms with Gasteiger partial charge in [-0.05, 0) is 25.7 Å². The van der Waals surface area contributed by atoms with Gasteiger partial charge in [-0.25, -0.2) is 9.59 Å². The third-order valence-corrected chi connectivity index (χ3v) is 9.66. The van der Waals surface area contributed by atoms with E-state index >= 15 is 0 Å². The fourth-order valence-corrected chi connectivity index (χ4v) is 7.27. The van der Waals surface area contributed by atoms with Crippen LogP contribution in [0.2, 0.25) is 0 Å². The molecule has 0 bridgehead atoms. The first-order valence-corrected chi connectivity index (χ1v) is 17.9. The molecule has 2 aliphatic heterocycles. The van der Waals surface area contributed by atoms with Crippen molar-refractivity contribution in [1.82, 2.24) is 17.5 Å². The second-order valence-corrected chi connectivity index (χ2v) is 13.7. The van der Waals surface area contributed by atoms with E-state index in [-0.39, 0.29) is 9.29 Å². The second kappa shape index (κ2) is 16.7. The van der Waals surface area contributed by atoms with Crippen LogP contribution in [0, 0.1) is 0 Å². The van der Waals surface area contributed by atoms with Gasteiger partial charge < -0.3 is 0 Å². The average Bonchev–Trinajstić information content (AvgIpc) is 3.66. The molecule has 0 radical (unpaired) electrons. The van der Waals surface area contributed by atoms with E-state index in [4.69, 9.17) is 9.68 Å². The van der Waals surface area contributed by atoms with Crippen molar-refractivity contribution in [2.75, 3.05) is 40.3 Å². The highest BCUT2D eigenvalue weighted by Crippen LogP contribution is 2.30. The quantitative estimate of drug-likeness (QED) is 0.116. The molecule has 2 atom stereocenters. The maximum absolute atomic E-state index is 13.1. The fraction of sp³-hybridized carbons (Fsp3) is 0.688. The van der Waals surface area contributed by atoms with Gasteiger partial charge in [-0.3, -0.25) is 9.68 Å². The number of hydrogen-bond acceptors (Lipinski definition) is 10. The predicted molar refractivity (Wildman–Crippen MR) is 174 cm³/mol. The van der Waals surface area contributed by atoms with Crippen molar-refractivity contribution < 1.29 is 28.6 Å². The van der Waals surface area contributed by atoms with E-state index in [9.17, 15) is 9.59 Å². The summed E-state index contributed by atoms with van der Waals surface area (Å²) in [7, 11) is 3.67. The van der Waals surface area contributed by atoms with Crippen molar-refractivity contribution in [1.29, 1.82) is 0 Å². The maximum Gasteiger partial charge on any atom is 0.480 e. The molecule has 0 amide bonds. The molecule has 2 aromatic heterocycles. The fourth-order valence-electron chi connectivity index (χ4n) is 6.03. The van der Waals surface area contributed by atoms with Crippen LogP contribution in [0.3, 0.4) is 0 Å². The molecule has 2 unspecified atom stereocenters. The van der Waals surface area contributed by atoms with Crippen LogP contribution in [0.25, 0.3) is 11.1 Å². The number of aryl methyl sites for hydroxylation is 2. The van der Waals surface area contributed by atoms with Crippen LogP contribution in [0.5, 0.6) is 0 Å². The molecule has 4 rings (SSSR count). The van der Waals surface area contributed by atoms with Crippen LogP contribution in [0.15, 0.2) is 12.2 Å². The Kier molecular flexibility index (Phi) is 13.0. The van der Waals surface area contributed by atoms with Crippen LogP contribution in [-0.4, -0.2) is 79.0 Å². The van der Waals surface area contributed by atoms with E-state index in [1.807, 2.05) is 14.1 Å². The number of rotatable bonds is 16. The van der Waals surface area contributed by atoms with Crippen LogP contribution in [0.4, 0.5) is 0 Å². The van der Waals surface area contributed by atoms with Gasteiger partial charge in [0.15, 0.2) is 0 Å². The summed E-state index contributed by atoms with van der Waals surface area (Å²) in [5, 5.41) is 0. The van der Waals surface area contributed by atoms with Gasteiger partial charge in [0.2, 0.25) is 0 Å². The van der Waals surface area contributed by atoms with E-state index in [0.717, 1.165) is 59.6 Å². The smallest absolute Gasteiger partial charge is 0.263 e. The number of carbonyl (C=O) groups is 2. The second-order valence-electron chi connectivity index (χ2n) is 12.6. The highest BCUT2D eigenvalue weighted by Gasteiger charge is 2.41. The summed E-state index contributed by atoms with van der Waals surface area (Å²) < 4.78 is 18.2. The lowest BCUT2D eigenvalue weighted by Gasteiger charge is -2.35. The van der Waals surface area contributed by atoms with Gasteiger partial charge in [0, 0.05) is 24.0 Å². The maximum atomic E-state index is 13.1. The Hall–Kier alpha value is -2.54. The molecule has 0 saturated carbocycles. The van der Waals surface area contributed by atoms with Crippen molar-refractivity contribution in [3.05, 3.63) is 34.9 Å². The summed E-state index contributed by atoms with van der Waals surface area (Å²) in [6, 6.07) is 0. The normalized spacial score (nSPS) is 21.9. The SMILES string of the molecule is CCCCCCCc1nsnc1C1=CCC[N+](C)(OC(=O)C(=O)O[N+]2(C)CCC=C(c3nsnc3CCCCCCC)C2)C1. The van der Waals surface area contributed by atoms with E-state index in [1.54, 1.807) is 0 Å². The molecule has 0 fully saturated rings.